The second-order valence-corrected chi connectivity index (χ2v) is 6.65. The van der Waals surface area contributed by atoms with E-state index in [-0.39, 0.29) is 6.03 Å². The highest BCUT2D eigenvalue weighted by Gasteiger charge is 2.14. The average molecular weight is 358 g/mol. The smallest absolute Gasteiger partial charge is 0.318 e. The van der Waals surface area contributed by atoms with E-state index in [0.29, 0.717) is 19.6 Å². The molecule has 0 unspecified atom stereocenters. The fraction of sp³-hybridized carbons (Fsp3) is 0.208. The average Bonchev–Trinajstić information content (AvgIpc) is 2.73. The number of carbonyl (C=O) groups is 1. The van der Waals surface area contributed by atoms with Crippen LogP contribution >= 0.6 is 0 Å². The lowest BCUT2D eigenvalue weighted by molar-refractivity contribution is 0.192. The molecule has 3 rings (SSSR count). The quantitative estimate of drug-likeness (QED) is 0.563. The summed E-state index contributed by atoms with van der Waals surface area (Å²) in [6.45, 7) is 1.87. The van der Waals surface area contributed by atoms with Gasteiger partial charge in [-0.15, -0.1) is 0 Å². The normalized spacial score (nSPS) is 10.4. The Labute approximate surface area is 161 Å². The fourth-order valence-corrected chi connectivity index (χ4v) is 3.05. The van der Waals surface area contributed by atoms with Crippen LogP contribution in [0.5, 0.6) is 0 Å². The zero-order chi connectivity index (χ0) is 18.7. The summed E-state index contributed by atoms with van der Waals surface area (Å²) in [5, 5.41) is 3.08. The van der Waals surface area contributed by atoms with Crippen LogP contribution in [-0.2, 0) is 19.5 Å². The molecule has 3 heteroatoms. The fourth-order valence-electron chi connectivity index (χ4n) is 3.05. The van der Waals surface area contributed by atoms with Gasteiger partial charge in [0, 0.05) is 19.6 Å². The molecule has 0 aliphatic heterocycles. The highest BCUT2D eigenvalue weighted by molar-refractivity contribution is 5.74. The number of hydrogen-bond donors (Lipinski definition) is 1. The predicted octanol–water partition coefficient (Wildman–Crippen LogP) is 5.03. The molecule has 0 radical (unpaired) electrons. The lowest BCUT2D eigenvalue weighted by atomic mass is 10.1. The van der Waals surface area contributed by atoms with Crippen LogP contribution in [0.15, 0.2) is 91.0 Å². The molecule has 0 fully saturated rings. The van der Waals surface area contributed by atoms with Crippen LogP contribution in [0.25, 0.3) is 0 Å². The van der Waals surface area contributed by atoms with E-state index in [0.717, 1.165) is 24.0 Å². The van der Waals surface area contributed by atoms with E-state index in [1.54, 1.807) is 0 Å². The first-order valence-electron chi connectivity index (χ1n) is 9.46. The maximum atomic E-state index is 12.8. The van der Waals surface area contributed by atoms with Crippen molar-refractivity contribution in [2.24, 2.45) is 0 Å². The Balaban J connectivity index is 1.56. The van der Waals surface area contributed by atoms with Gasteiger partial charge in [-0.2, -0.15) is 0 Å². The van der Waals surface area contributed by atoms with Gasteiger partial charge in [-0.3, -0.25) is 0 Å². The molecule has 0 atom stereocenters. The van der Waals surface area contributed by atoms with Crippen molar-refractivity contribution in [2.75, 3.05) is 6.54 Å². The molecule has 0 spiro atoms. The molecule has 1 N–H and O–H groups in total. The Hall–Kier alpha value is -3.07. The Morgan fingerprint density at radius 2 is 1.11 bits per heavy atom. The number of urea groups is 1. The van der Waals surface area contributed by atoms with Crippen LogP contribution in [0.4, 0.5) is 4.79 Å². The molecule has 0 saturated carbocycles. The van der Waals surface area contributed by atoms with Gasteiger partial charge in [0.15, 0.2) is 0 Å². The Bertz CT molecular complexity index is 762. The van der Waals surface area contributed by atoms with E-state index < -0.39 is 0 Å². The van der Waals surface area contributed by atoms with E-state index >= 15 is 0 Å². The first-order chi connectivity index (χ1) is 13.3. The van der Waals surface area contributed by atoms with Crippen molar-refractivity contribution in [3.8, 4) is 0 Å². The largest absolute Gasteiger partial charge is 0.338 e. The second-order valence-electron chi connectivity index (χ2n) is 6.65. The molecule has 0 aliphatic rings. The van der Waals surface area contributed by atoms with Gasteiger partial charge in [0.2, 0.25) is 0 Å². The van der Waals surface area contributed by atoms with Crippen LogP contribution in [0.2, 0.25) is 0 Å². The topological polar surface area (TPSA) is 32.3 Å². The first kappa shape index (κ1) is 18.7. The van der Waals surface area contributed by atoms with Crippen molar-refractivity contribution in [2.45, 2.75) is 25.9 Å². The van der Waals surface area contributed by atoms with E-state index in [4.69, 9.17) is 0 Å². The molecule has 3 aromatic rings. The zero-order valence-corrected chi connectivity index (χ0v) is 15.6. The molecule has 0 bridgehead atoms. The highest BCUT2D eigenvalue weighted by atomic mass is 16.2. The number of nitrogens with zero attached hydrogens (tertiary/aromatic N) is 1. The Kier molecular flexibility index (Phi) is 7.05. The van der Waals surface area contributed by atoms with Crippen LogP contribution in [0.1, 0.15) is 23.1 Å². The van der Waals surface area contributed by atoms with Crippen LogP contribution in [0, 0.1) is 0 Å². The molecular weight excluding hydrogens is 332 g/mol. The lowest BCUT2D eigenvalue weighted by Crippen LogP contribution is -2.39. The molecule has 3 aromatic carbocycles. The van der Waals surface area contributed by atoms with Crippen molar-refractivity contribution in [1.29, 1.82) is 0 Å². The van der Waals surface area contributed by atoms with Crippen LogP contribution < -0.4 is 5.32 Å². The van der Waals surface area contributed by atoms with E-state index in [9.17, 15) is 4.79 Å². The van der Waals surface area contributed by atoms with Crippen molar-refractivity contribution in [3.05, 3.63) is 108 Å². The van der Waals surface area contributed by atoms with Gasteiger partial charge in [-0.25, -0.2) is 4.79 Å². The summed E-state index contributed by atoms with van der Waals surface area (Å²) < 4.78 is 0. The third-order valence-corrected chi connectivity index (χ3v) is 4.48. The van der Waals surface area contributed by atoms with Gasteiger partial charge in [-0.1, -0.05) is 91.0 Å². The summed E-state index contributed by atoms with van der Waals surface area (Å²) >= 11 is 0. The maximum absolute atomic E-state index is 12.8. The number of carbonyl (C=O) groups excluding carboxylic acids is 1. The van der Waals surface area contributed by atoms with E-state index in [1.165, 1.54) is 5.56 Å². The number of hydrogen-bond acceptors (Lipinski definition) is 1. The molecule has 0 aliphatic carbocycles. The molecule has 2 amide bonds. The first-order valence-corrected chi connectivity index (χ1v) is 9.46. The van der Waals surface area contributed by atoms with Crippen molar-refractivity contribution in [1.82, 2.24) is 10.2 Å². The molecule has 0 heterocycles. The van der Waals surface area contributed by atoms with E-state index in [1.807, 2.05) is 47.4 Å². The molecule has 0 saturated heterocycles. The minimum Gasteiger partial charge on any atom is -0.338 e. The molecular formula is C24H26N2O. The lowest BCUT2D eigenvalue weighted by Gasteiger charge is -2.23. The molecule has 3 nitrogen and oxygen atoms in total. The number of amides is 2. The summed E-state index contributed by atoms with van der Waals surface area (Å²) in [7, 11) is 0. The minimum absolute atomic E-state index is 0.0178. The predicted molar refractivity (Wildman–Crippen MR) is 110 cm³/mol. The van der Waals surface area contributed by atoms with Gasteiger partial charge in [0.1, 0.15) is 0 Å². The molecule has 138 valence electrons. The minimum atomic E-state index is -0.0178. The standard InChI is InChI=1S/C24H26N2O/c27-24(25-18-10-17-21-11-4-1-5-12-21)26(19-22-13-6-2-7-14-22)20-23-15-8-3-9-16-23/h1-9,11-16H,10,17-20H2,(H,25,27). The summed E-state index contributed by atoms with van der Waals surface area (Å²) in [6.07, 6.45) is 1.90. The zero-order valence-electron chi connectivity index (χ0n) is 15.6. The maximum Gasteiger partial charge on any atom is 0.318 e. The third-order valence-electron chi connectivity index (χ3n) is 4.48. The second kappa shape index (κ2) is 10.2. The SMILES string of the molecule is O=C(NCCCc1ccccc1)N(Cc1ccccc1)Cc1ccccc1. The van der Waals surface area contributed by atoms with Gasteiger partial charge < -0.3 is 10.2 Å². The summed E-state index contributed by atoms with van der Waals surface area (Å²) in [6, 6.07) is 30.6. The van der Waals surface area contributed by atoms with Gasteiger partial charge in [-0.05, 0) is 29.5 Å². The highest BCUT2D eigenvalue weighted by Crippen LogP contribution is 2.10. The van der Waals surface area contributed by atoms with Crippen molar-refractivity contribution in [3.63, 3.8) is 0 Å². The summed E-state index contributed by atoms with van der Waals surface area (Å²) in [5.74, 6) is 0. The van der Waals surface area contributed by atoms with Crippen LogP contribution in [-0.4, -0.2) is 17.5 Å². The van der Waals surface area contributed by atoms with Gasteiger partial charge >= 0.3 is 6.03 Å². The van der Waals surface area contributed by atoms with E-state index in [2.05, 4.69) is 53.8 Å². The molecule has 0 aromatic heterocycles. The number of rotatable bonds is 8. The van der Waals surface area contributed by atoms with Crippen molar-refractivity contribution >= 4 is 6.03 Å². The van der Waals surface area contributed by atoms with Gasteiger partial charge in [0.25, 0.3) is 0 Å². The molecule has 27 heavy (non-hydrogen) atoms. The third kappa shape index (κ3) is 6.30. The van der Waals surface area contributed by atoms with Gasteiger partial charge in [0.05, 0.1) is 0 Å². The number of benzene rings is 3. The Morgan fingerprint density at radius 1 is 0.667 bits per heavy atom. The Morgan fingerprint density at radius 3 is 1.59 bits per heavy atom. The summed E-state index contributed by atoms with van der Waals surface area (Å²) in [4.78, 5) is 14.6. The monoisotopic (exact) mass is 358 g/mol. The number of aryl methyl sites for hydroxylation is 1. The van der Waals surface area contributed by atoms with Crippen LogP contribution in [0.3, 0.4) is 0 Å². The summed E-state index contributed by atoms with van der Waals surface area (Å²) in [5.41, 5.74) is 3.57. The van der Waals surface area contributed by atoms with Crippen molar-refractivity contribution < 1.29 is 4.79 Å². The number of nitrogens with one attached hydrogen (secondary N) is 1.